The van der Waals surface area contributed by atoms with Gasteiger partial charge in [0, 0.05) is 44.6 Å². The van der Waals surface area contributed by atoms with Crippen molar-refractivity contribution in [2.45, 2.75) is 18.9 Å². The highest BCUT2D eigenvalue weighted by Crippen LogP contribution is 2.29. The number of urea groups is 1. The fraction of sp³-hybridized carbons (Fsp3) is 0.381. The first-order chi connectivity index (χ1) is 13.8. The lowest BCUT2D eigenvalue weighted by Crippen LogP contribution is -2.44. The molecule has 8 heteroatoms. The fourth-order valence-corrected chi connectivity index (χ4v) is 3.60. The van der Waals surface area contributed by atoms with E-state index < -0.39 is 17.4 Å². The number of nitrogens with one attached hydrogen (secondary N) is 1. The summed E-state index contributed by atoms with van der Waals surface area (Å²) in [5, 5.41) is 13.5. The number of benzene rings is 1. The number of piperidine rings is 1. The van der Waals surface area contributed by atoms with Crippen molar-refractivity contribution in [2.24, 2.45) is 20.0 Å². The number of rotatable bonds is 3. The molecule has 152 valence electrons. The summed E-state index contributed by atoms with van der Waals surface area (Å²) in [5.74, 6) is 2.36. The van der Waals surface area contributed by atoms with Crippen LogP contribution in [-0.2, 0) is 14.1 Å². The zero-order valence-electron chi connectivity index (χ0n) is 16.5. The maximum Gasteiger partial charge on any atom is 0.330 e. The lowest BCUT2D eigenvalue weighted by molar-refractivity contribution is 0.0663. The maximum absolute atomic E-state index is 12.5. The first kappa shape index (κ1) is 20.4. The second kappa shape index (κ2) is 8.37. The summed E-state index contributed by atoms with van der Waals surface area (Å²) < 4.78 is 2.28. The van der Waals surface area contributed by atoms with Gasteiger partial charge in [-0.1, -0.05) is 12.0 Å². The fourth-order valence-electron chi connectivity index (χ4n) is 3.60. The van der Waals surface area contributed by atoms with E-state index in [1.165, 1.54) is 17.8 Å². The van der Waals surface area contributed by atoms with Gasteiger partial charge in [-0.05, 0) is 37.0 Å². The van der Waals surface area contributed by atoms with Gasteiger partial charge in [-0.2, -0.15) is 0 Å². The first-order valence-electron chi connectivity index (χ1n) is 9.39. The average Bonchev–Trinajstić information content (AvgIpc) is 2.74. The van der Waals surface area contributed by atoms with E-state index in [1.54, 1.807) is 36.2 Å². The summed E-state index contributed by atoms with van der Waals surface area (Å²) in [7, 11) is 2.93. The van der Waals surface area contributed by atoms with Crippen LogP contribution in [0.4, 0.5) is 10.5 Å². The molecule has 3 rings (SSSR count). The lowest BCUT2D eigenvalue weighted by Gasteiger charge is -2.34. The topological polar surface area (TPSA) is 96.6 Å². The molecule has 1 atom stereocenters. The second-order valence-corrected chi connectivity index (χ2v) is 7.27. The maximum atomic E-state index is 12.5. The molecular weight excluding hydrogens is 372 g/mol. The third kappa shape index (κ3) is 4.25. The van der Waals surface area contributed by atoms with Crippen molar-refractivity contribution >= 4 is 11.7 Å². The van der Waals surface area contributed by atoms with E-state index in [0.717, 1.165) is 4.57 Å². The van der Waals surface area contributed by atoms with E-state index >= 15 is 0 Å². The van der Waals surface area contributed by atoms with Crippen molar-refractivity contribution < 1.29 is 9.90 Å². The molecule has 0 radical (unpaired) electrons. The van der Waals surface area contributed by atoms with Gasteiger partial charge in [-0.3, -0.25) is 9.36 Å². The molecule has 1 fully saturated rings. The quantitative estimate of drug-likeness (QED) is 0.758. The van der Waals surface area contributed by atoms with E-state index in [1.807, 2.05) is 0 Å². The summed E-state index contributed by atoms with van der Waals surface area (Å²) >= 11 is 0. The molecule has 0 bridgehead atoms. The summed E-state index contributed by atoms with van der Waals surface area (Å²) in [6, 6.07) is 6.83. The predicted octanol–water partition coefficient (Wildman–Crippen LogP) is 1.04. The number of aryl methyl sites for hydroxylation is 1. The number of aromatic nitrogens is 2. The molecule has 2 heterocycles. The Labute approximate surface area is 168 Å². The van der Waals surface area contributed by atoms with Crippen LogP contribution in [0.2, 0.25) is 0 Å². The van der Waals surface area contributed by atoms with Gasteiger partial charge in [0.2, 0.25) is 0 Å². The lowest BCUT2D eigenvalue weighted by atomic mass is 9.88. The molecule has 2 aromatic rings. The first-order valence-corrected chi connectivity index (χ1v) is 9.39. The highest BCUT2D eigenvalue weighted by Gasteiger charge is 2.30. The molecule has 29 heavy (non-hydrogen) atoms. The molecule has 1 unspecified atom stereocenters. The van der Waals surface area contributed by atoms with Crippen molar-refractivity contribution in [3.63, 3.8) is 0 Å². The van der Waals surface area contributed by atoms with Crippen molar-refractivity contribution in [3.05, 3.63) is 62.4 Å². The number of terminal acetylenes is 1. The van der Waals surface area contributed by atoms with E-state index in [4.69, 9.17) is 6.42 Å². The normalized spacial score (nSPS) is 15.6. The Morgan fingerprint density at radius 1 is 1.28 bits per heavy atom. The SMILES string of the molecule is C#Cc1cccc(NC(=O)N2CCC(C(O)c3cn(C)c(=O)n(C)c3=O)CC2)c1. The van der Waals surface area contributed by atoms with Crippen molar-refractivity contribution in [1.29, 1.82) is 0 Å². The average molecular weight is 396 g/mol. The predicted molar refractivity (Wildman–Crippen MR) is 110 cm³/mol. The van der Waals surface area contributed by atoms with Crippen LogP contribution in [0.1, 0.15) is 30.1 Å². The molecule has 0 aliphatic carbocycles. The number of likely N-dealkylation sites (tertiary alicyclic amines) is 1. The summed E-state index contributed by atoms with van der Waals surface area (Å²) in [6.45, 7) is 0.906. The Bertz CT molecular complexity index is 1070. The Hall–Kier alpha value is -3.31. The Morgan fingerprint density at radius 2 is 1.97 bits per heavy atom. The minimum Gasteiger partial charge on any atom is -0.388 e. The molecule has 1 saturated heterocycles. The van der Waals surface area contributed by atoms with E-state index in [2.05, 4.69) is 11.2 Å². The Morgan fingerprint density at radius 3 is 2.62 bits per heavy atom. The van der Waals surface area contributed by atoms with Crippen molar-refractivity contribution in [3.8, 4) is 12.3 Å². The zero-order valence-corrected chi connectivity index (χ0v) is 16.5. The van der Waals surface area contributed by atoms with Gasteiger partial charge in [0.1, 0.15) is 0 Å². The van der Waals surface area contributed by atoms with Gasteiger partial charge >= 0.3 is 11.7 Å². The van der Waals surface area contributed by atoms with E-state index in [0.29, 0.717) is 37.2 Å². The van der Waals surface area contributed by atoms with Crippen LogP contribution in [0.25, 0.3) is 0 Å². The van der Waals surface area contributed by atoms with Gasteiger partial charge in [0.05, 0.1) is 11.7 Å². The number of hydrogen-bond donors (Lipinski definition) is 2. The van der Waals surface area contributed by atoms with Gasteiger partial charge < -0.3 is 19.9 Å². The number of amides is 2. The monoisotopic (exact) mass is 396 g/mol. The highest BCUT2D eigenvalue weighted by molar-refractivity contribution is 5.89. The highest BCUT2D eigenvalue weighted by atomic mass is 16.3. The third-order valence-corrected chi connectivity index (χ3v) is 5.35. The Kier molecular flexibility index (Phi) is 5.89. The molecule has 1 aromatic heterocycles. The Balaban J connectivity index is 1.64. The minimum atomic E-state index is -0.988. The molecule has 2 amide bonds. The van der Waals surface area contributed by atoms with Crippen LogP contribution >= 0.6 is 0 Å². The van der Waals surface area contributed by atoms with Crippen LogP contribution in [0.5, 0.6) is 0 Å². The molecular formula is C21H24N4O4. The number of nitrogens with zero attached hydrogens (tertiary/aromatic N) is 3. The summed E-state index contributed by atoms with van der Waals surface area (Å²) in [4.78, 5) is 38.4. The summed E-state index contributed by atoms with van der Waals surface area (Å²) in [5.41, 5.74) is 0.578. The molecule has 1 aromatic carbocycles. The second-order valence-electron chi connectivity index (χ2n) is 7.27. The van der Waals surface area contributed by atoms with Crippen LogP contribution in [-0.4, -0.2) is 38.3 Å². The van der Waals surface area contributed by atoms with Crippen molar-refractivity contribution in [1.82, 2.24) is 14.0 Å². The molecule has 2 N–H and O–H groups in total. The number of anilines is 1. The van der Waals surface area contributed by atoms with Gasteiger partial charge in [-0.15, -0.1) is 6.42 Å². The standard InChI is InChI=1S/C21H24N4O4/c1-4-14-6-5-7-16(12-14)22-20(28)25-10-8-15(9-11-25)18(26)17-13-23(2)21(29)24(3)19(17)27/h1,5-7,12-13,15,18,26H,8-11H2,2-3H3,(H,22,28). The van der Waals surface area contributed by atoms with Gasteiger partial charge in [-0.25, -0.2) is 9.59 Å². The number of hydrogen-bond acceptors (Lipinski definition) is 4. The van der Waals surface area contributed by atoms with Crippen molar-refractivity contribution in [2.75, 3.05) is 18.4 Å². The van der Waals surface area contributed by atoms with Crippen LogP contribution < -0.4 is 16.6 Å². The van der Waals surface area contributed by atoms with Gasteiger partial charge in [0.25, 0.3) is 5.56 Å². The number of carbonyl (C=O) groups excluding carboxylic acids is 1. The number of aliphatic hydroxyl groups is 1. The van der Waals surface area contributed by atoms with Crippen LogP contribution in [0.3, 0.4) is 0 Å². The molecule has 1 aliphatic heterocycles. The van der Waals surface area contributed by atoms with Crippen LogP contribution in [0, 0.1) is 18.3 Å². The zero-order chi connectivity index (χ0) is 21.1. The largest absolute Gasteiger partial charge is 0.388 e. The molecule has 0 spiro atoms. The van der Waals surface area contributed by atoms with Gasteiger partial charge in [0.15, 0.2) is 0 Å². The molecule has 0 saturated carbocycles. The smallest absolute Gasteiger partial charge is 0.330 e. The molecule has 8 nitrogen and oxygen atoms in total. The minimum absolute atomic E-state index is 0.172. The third-order valence-electron chi connectivity index (χ3n) is 5.35. The molecule has 1 aliphatic rings. The van der Waals surface area contributed by atoms with E-state index in [9.17, 15) is 19.5 Å². The number of aliphatic hydroxyl groups excluding tert-OH is 1. The van der Waals surface area contributed by atoms with E-state index in [-0.39, 0.29) is 17.5 Å². The number of carbonyl (C=O) groups is 1. The van der Waals surface area contributed by atoms with Crippen LogP contribution in [0.15, 0.2) is 40.1 Å². The summed E-state index contributed by atoms with van der Waals surface area (Å²) in [6.07, 6.45) is 6.88.